The van der Waals surface area contributed by atoms with E-state index in [4.69, 9.17) is 16.2 Å². The molecule has 0 bridgehead atoms. The Bertz CT molecular complexity index is 536. The number of halogens is 1. The monoisotopic (exact) mass is 341 g/mol. The molecule has 1 aromatic rings. The smallest absolute Gasteiger partial charge is 0.404 e. The number of primary amides is 1. The van der Waals surface area contributed by atoms with Crippen molar-refractivity contribution in [2.24, 2.45) is 11.7 Å². The molecule has 0 unspecified atom stereocenters. The lowest BCUT2D eigenvalue weighted by atomic mass is 10.0. The van der Waals surface area contributed by atoms with Crippen molar-refractivity contribution >= 4 is 39.3 Å². The quantitative estimate of drug-likeness (QED) is 0.732. The maximum absolute atomic E-state index is 12.2. The Morgan fingerprint density at radius 2 is 2.10 bits per heavy atom. The third kappa shape index (κ3) is 3.41. The standard InChI is InChI=1S/C13H16BrN3O3/c14-7-4-5-10(9(15)6-7)17-12(18)8-2-1-3-11(8)20-13(16)19/h4-6,8,11H,1-3,15H2,(H2,16,19)(H,17,18)/t8-,11+/m0/s1. The predicted molar refractivity (Wildman–Crippen MR) is 79.0 cm³/mol. The van der Waals surface area contributed by atoms with E-state index in [0.717, 1.165) is 10.9 Å². The van der Waals surface area contributed by atoms with E-state index in [9.17, 15) is 9.59 Å². The molecule has 2 atom stereocenters. The van der Waals surface area contributed by atoms with E-state index in [1.807, 2.05) is 0 Å². The maximum atomic E-state index is 12.2. The number of amides is 2. The first kappa shape index (κ1) is 14.6. The average Bonchev–Trinajstić information content (AvgIpc) is 2.80. The molecule has 2 rings (SSSR count). The summed E-state index contributed by atoms with van der Waals surface area (Å²) in [5, 5.41) is 2.77. The van der Waals surface area contributed by atoms with Crippen molar-refractivity contribution in [1.29, 1.82) is 0 Å². The van der Waals surface area contributed by atoms with Crippen LogP contribution in [0.2, 0.25) is 0 Å². The van der Waals surface area contributed by atoms with Crippen LogP contribution in [0, 0.1) is 5.92 Å². The second-order valence-corrected chi connectivity index (χ2v) is 5.65. The molecule has 0 saturated heterocycles. The molecule has 108 valence electrons. The van der Waals surface area contributed by atoms with Crippen LogP contribution >= 0.6 is 15.9 Å². The number of hydrogen-bond donors (Lipinski definition) is 3. The van der Waals surface area contributed by atoms with E-state index < -0.39 is 12.2 Å². The molecule has 0 aliphatic heterocycles. The highest BCUT2D eigenvalue weighted by atomic mass is 79.9. The van der Waals surface area contributed by atoms with E-state index in [-0.39, 0.29) is 11.8 Å². The molecule has 1 aliphatic rings. The van der Waals surface area contributed by atoms with Crippen LogP contribution in [-0.4, -0.2) is 18.1 Å². The zero-order valence-electron chi connectivity index (χ0n) is 10.8. The molecule has 2 amide bonds. The fourth-order valence-electron chi connectivity index (χ4n) is 2.39. The van der Waals surface area contributed by atoms with Gasteiger partial charge in [0.2, 0.25) is 5.91 Å². The molecule has 0 heterocycles. The number of carbonyl (C=O) groups is 2. The summed E-state index contributed by atoms with van der Waals surface area (Å²) in [5.74, 6) is -0.590. The van der Waals surface area contributed by atoms with Gasteiger partial charge in [0.05, 0.1) is 17.3 Å². The lowest BCUT2D eigenvalue weighted by molar-refractivity contribution is -0.122. The number of rotatable bonds is 3. The molecule has 0 aromatic heterocycles. The van der Waals surface area contributed by atoms with Crippen LogP contribution < -0.4 is 16.8 Å². The van der Waals surface area contributed by atoms with E-state index in [2.05, 4.69) is 21.2 Å². The minimum absolute atomic E-state index is 0.206. The lowest BCUT2D eigenvalue weighted by Crippen LogP contribution is -2.33. The largest absolute Gasteiger partial charge is 0.446 e. The third-order valence-corrected chi connectivity index (χ3v) is 3.82. The van der Waals surface area contributed by atoms with Crippen molar-refractivity contribution < 1.29 is 14.3 Å². The van der Waals surface area contributed by atoms with Gasteiger partial charge in [0.15, 0.2) is 0 Å². The summed E-state index contributed by atoms with van der Waals surface area (Å²) >= 11 is 3.30. The molecule has 0 spiro atoms. The first-order valence-corrected chi connectivity index (χ1v) is 7.08. The third-order valence-electron chi connectivity index (χ3n) is 3.33. The number of nitrogens with two attached hydrogens (primary N) is 2. The summed E-state index contributed by atoms with van der Waals surface area (Å²) in [6.07, 6.45) is 0.838. The highest BCUT2D eigenvalue weighted by Gasteiger charge is 2.35. The van der Waals surface area contributed by atoms with Crippen LogP contribution in [0.4, 0.5) is 16.2 Å². The van der Waals surface area contributed by atoms with E-state index in [0.29, 0.717) is 24.2 Å². The molecule has 1 aliphatic carbocycles. The van der Waals surface area contributed by atoms with Gasteiger partial charge in [-0.25, -0.2) is 4.79 Å². The molecule has 5 N–H and O–H groups in total. The van der Waals surface area contributed by atoms with Gasteiger partial charge in [0, 0.05) is 4.47 Å². The lowest BCUT2D eigenvalue weighted by Gasteiger charge is -2.19. The fourth-order valence-corrected chi connectivity index (χ4v) is 2.77. The SMILES string of the molecule is NC(=O)O[C@@H]1CCC[C@@H]1C(=O)Nc1ccc(Br)cc1N. The summed E-state index contributed by atoms with van der Waals surface area (Å²) in [5.41, 5.74) is 11.9. The zero-order valence-corrected chi connectivity index (χ0v) is 12.4. The first-order chi connectivity index (χ1) is 9.47. The van der Waals surface area contributed by atoms with Crippen LogP contribution in [0.15, 0.2) is 22.7 Å². The number of hydrogen-bond acceptors (Lipinski definition) is 4. The zero-order chi connectivity index (χ0) is 14.7. The summed E-state index contributed by atoms with van der Waals surface area (Å²) in [6.45, 7) is 0. The summed E-state index contributed by atoms with van der Waals surface area (Å²) < 4.78 is 5.81. The van der Waals surface area contributed by atoms with Gasteiger partial charge in [-0.3, -0.25) is 4.79 Å². The maximum Gasteiger partial charge on any atom is 0.404 e. The molecular formula is C13H16BrN3O3. The summed E-state index contributed by atoms with van der Waals surface area (Å²) in [7, 11) is 0. The molecular weight excluding hydrogens is 326 g/mol. The Hall–Kier alpha value is -1.76. The normalized spacial score (nSPS) is 21.4. The fraction of sp³-hybridized carbons (Fsp3) is 0.385. The number of nitrogens with one attached hydrogen (secondary N) is 1. The van der Waals surface area contributed by atoms with Crippen LogP contribution in [-0.2, 0) is 9.53 Å². The van der Waals surface area contributed by atoms with E-state index >= 15 is 0 Å². The molecule has 1 aromatic carbocycles. The van der Waals surface area contributed by atoms with Crippen LogP contribution in [0.3, 0.4) is 0 Å². The van der Waals surface area contributed by atoms with Gasteiger partial charge in [0.1, 0.15) is 6.10 Å². The molecule has 1 fully saturated rings. The van der Waals surface area contributed by atoms with Crippen molar-refractivity contribution in [2.75, 3.05) is 11.1 Å². The van der Waals surface area contributed by atoms with Crippen LogP contribution in [0.1, 0.15) is 19.3 Å². The first-order valence-electron chi connectivity index (χ1n) is 6.29. The van der Waals surface area contributed by atoms with Gasteiger partial charge in [-0.15, -0.1) is 0 Å². The Kier molecular flexibility index (Phi) is 4.49. The van der Waals surface area contributed by atoms with Crippen molar-refractivity contribution in [3.63, 3.8) is 0 Å². The van der Waals surface area contributed by atoms with Gasteiger partial charge >= 0.3 is 6.09 Å². The Labute approximate surface area is 125 Å². The number of benzene rings is 1. The minimum Gasteiger partial charge on any atom is -0.446 e. The average molecular weight is 342 g/mol. The van der Waals surface area contributed by atoms with Crippen molar-refractivity contribution in [1.82, 2.24) is 0 Å². The van der Waals surface area contributed by atoms with E-state index in [1.54, 1.807) is 18.2 Å². The molecule has 6 nitrogen and oxygen atoms in total. The number of nitrogen functional groups attached to an aromatic ring is 1. The van der Waals surface area contributed by atoms with Crippen molar-refractivity contribution in [2.45, 2.75) is 25.4 Å². The second kappa shape index (κ2) is 6.13. The van der Waals surface area contributed by atoms with Crippen LogP contribution in [0.25, 0.3) is 0 Å². The van der Waals surface area contributed by atoms with Gasteiger partial charge < -0.3 is 21.5 Å². The van der Waals surface area contributed by atoms with Crippen molar-refractivity contribution in [3.8, 4) is 0 Å². The molecule has 7 heteroatoms. The Morgan fingerprint density at radius 3 is 2.75 bits per heavy atom. The topological polar surface area (TPSA) is 107 Å². The predicted octanol–water partition coefficient (Wildman–Crippen LogP) is 2.23. The second-order valence-electron chi connectivity index (χ2n) is 4.73. The summed E-state index contributed by atoms with van der Waals surface area (Å²) in [4.78, 5) is 23.0. The molecule has 1 saturated carbocycles. The highest BCUT2D eigenvalue weighted by molar-refractivity contribution is 9.10. The number of carbonyl (C=O) groups excluding carboxylic acids is 2. The molecule has 20 heavy (non-hydrogen) atoms. The van der Waals surface area contributed by atoms with Crippen LogP contribution in [0.5, 0.6) is 0 Å². The van der Waals surface area contributed by atoms with E-state index in [1.165, 1.54) is 0 Å². The highest BCUT2D eigenvalue weighted by Crippen LogP contribution is 2.30. The molecule has 0 radical (unpaired) electrons. The summed E-state index contributed by atoms with van der Waals surface area (Å²) in [6, 6.07) is 5.22. The van der Waals surface area contributed by atoms with Gasteiger partial charge in [-0.2, -0.15) is 0 Å². The minimum atomic E-state index is -0.849. The number of ether oxygens (including phenoxy) is 1. The van der Waals surface area contributed by atoms with Gasteiger partial charge in [0.25, 0.3) is 0 Å². The Balaban J connectivity index is 2.05. The van der Waals surface area contributed by atoms with Crippen molar-refractivity contribution in [3.05, 3.63) is 22.7 Å². The Morgan fingerprint density at radius 1 is 1.35 bits per heavy atom. The van der Waals surface area contributed by atoms with Gasteiger partial charge in [-0.1, -0.05) is 15.9 Å². The number of anilines is 2. The van der Waals surface area contributed by atoms with Gasteiger partial charge in [-0.05, 0) is 37.5 Å².